The summed E-state index contributed by atoms with van der Waals surface area (Å²) < 4.78 is 0. The van der Waals surface area contributed by atoms with Gasteiger partial charge in [0.15, 0.2) is 0 Å². The average molecular weight is 299 g/mol. The largest absolute Gasteiger partial charge is 0.258 e. The molecule has 3 heteroatoms. The second kappa shape index (κ2) is 5.90. The Labute approximate surface area is 131 Å². The maximum Gasteiger partial charge on any atom is 0.0828 e. The molecule has 0 saturated carbocycles. The van der Waals surface area contributed by atoms with Crippen LogP contribution in [0.4, 0.5) is 5.69 Å². The summed E-state index contributed by atoms with van der Waals surface area (Å²) in [5.41, 5.74) is 3.63. The van der Waals surface area contributed by atoms with Gasteiger partial charge in [-0.15, -0.1) is 0 Å². The topological polar surface area (TPSA) is 15.6 Å². The average Bonchev–Trinajstić information content (AvgIpc) is 2.94. The van der Waals surface area contributed by atoms with Crippen molar-refractivity contribution in [3.63, 3.8) is 0 Å². The monoisotopic (exact) mass is 298 g/mol. The van der Waals surface area contributed by atoms with Gasteiger partial charge in [0.1, 0.15) is 0 Å². The summed E-state index contributed by atoms with van der Waals surface area (Å²) in [6.45, 7) is 4.40. The summed E-state index contributed by atoms with van der Waals surface area (Å²) >= 11 is 6.00. The van der Waals surface area contributed by atoms with Gasteiger partial charge in [-0.1, -0.05) is 55.8 Å². The van der Waals surface area contributed by atoms with Crippen LogP contribution in [0.1, 0.15) is 31.9 Å². The molecule has 2 nitrogen and oxygen atoms in total. The van der Waals surface area contributed by atoms with Crippen LogP contribution in [-0.2, 0) is 0 Å². The Balaban J connectivity index is 1.98. The molecule has 0 aromatic heterocycles. The molecular formula is C18H19ClN2. The van der Waals surface area contributed by atoms with Crippen molar-refractivity contribution in [2.24, 2.45) is 11.0 Å². The molecule has 0 bridgehead atoms. The number of hydrazone groups is 1. The summed E-state index contributed by atoms with van der Waals surface area (Å²) in [6, 6.07) is 18.7. The van der Waals surface area contributed by atoms with E-state index in [9.17, 15) is 0 Å². The highest BCUT2D eigenvalue weighted by molar-refractivity contribution is 6.30. The molecule has 1 unspecified atom stereocenters. The van der Waals surface area contributed by atoms with Gasteiger partial charge >= 0.3 is 0 Å². The summed E-state index contributed by atoms with van der Waals surface area (Å²) in [7, 11) is 0. The molecule has 1 aliphatic heterocycles. The third-order valence-corrected chi connectivity index (χ3v) is 4.13. The van der Waals surface area contributed by atoms with Crippen LogP contribution < -0.4 is 5.01 Å². The molecule has 0 spiro atoms. The van der Waals surface area contributed by atoms with Crippen molar-refractivity contribution < 1.29 is 0 Å². The van der Waals surface area contributed by atoms with Gasteiger partial charge in [0, 0.05) is 17.2 Å². The third kappa shape index (κ3) is 2.96. The lowest BCUT2D eigenvalue weighted by Crippen LogP contribution is -2.18. The van der Waals surface area contributed by atoms with Gasteiger partial charge in [0.05, 0.1) is 11.7 Å². The van der Waals surface area contributed by atoms with Crippen molar-refractivity contribution in [2.75, 3.05) is 5.01 Å². The molecule has 0 radical (unpaired) electrons. The Hall–Kier alpha value is -1.80. The van der Waals surface area contributed by atoms with E-state index in [4.69, 9.17) is 16.7 Å². The van der Waals surface area contributed by atoms with Crippen LogP contribution in [0.15, 0.2) is 59.7 Å². The van der Waals surface area contributed by atoms with Gasteiger partial charge in [-0.2, -0.15) is 5.10 Å². The molecule has 0 N–H and O–H groups in total. The number of halogens is 1. The van der Waals surface area contributed by atoms with Crippen LogP contribution in [-0.4, -0.2) is 5.71 Å². The Morgan fingerprint density at radius 2 is 1.71 bits per heavy atom. The van der Waals surface area contributed by atoms with E-state index in [0.29, 0.717) is 5.92 Å². The molecular weight excluding hydrogens is 280 g/mol. The first-order valence-corrected chi connectivity index (χ1v) is 7.70. The molecule has 0 fully saturated rings. The van der Waals surface area contributed by atoms with Crippen molar-refractivity contribution in [1.29, 1.82) is 0 Å². The zero-order valence-electron chi connectivity index (χ0n) is 12.3. The van der Waals surface area contributed by atoms with E-state index in [-0.39, 0.29) is 6.04 Å². The van der Waals surface area contributed by atoms with E-state index in [2.05, 4.69) is 49.2 Å². The minimum atomic E-state index is 0.268. The van der Waals surface area contributed by atoms with E-state index in [1.54, 1.807) is 0 Å². The fourth-order valence-electron chi connectivity index (χ4n) is 2.65. The van der Waals surface area contributed by atoms with Gasteiger partial charge in [0.25, 0.3) is 0 Å². The molecule has 2 aromatic rings. The summed E-state index contributed by atoms with van der Waals surface area (Å²) in [5, 5.41) is 7.73. The van der Waals surface area contributed by atoms with Crippen LogP contribution in [0.25, 0.3) is 0 Å². The van der Waals surface area contributed by atoms with E-state index in [0.717, 1.165) is 17.1 Å². The standard InChI is InChI=1S/C18H19ClN2/c1-13(2)17-12-18(14-6-4-3-5-7-14)21(20-17)16-10-8-15(19)9-11-16/h3-11,13,18H,12H2,1-2H3. The summed E-state index contributed by atoms with van der Waals surface area (Å²) in [6.07, 6.45) is 0.976. The van der Waals surface area contributed by atoms with Crippen molar-refractivity contribution in [3.05, 3.63) is 65.2 Å². The van der Waals surface area contributed by atoms with Gasteiger partial charge in [0.2, 0.25) is 0 Å². The first kappa shape index (κ1) is 14.2. The number of anilines is 1. The van der Waals surface area contributed by atoms with E-state index >= 15 is 0 Å². The number of rotatable bonds is 3. The highest BCUT2D eigenvalue weighted by atomic mass is 35.5. The molecule has 1 heterocycles. The molecule has 2 aromatic carbocycles. The fourth-order valence-corrected chi connectivity index (χ4v) is 2.78. The fraction of sp³-hybridized carbons (Fsp3) is 0.278. The lowest BCUT2D eigenvalue weighted by atomic mass is 9.97. The molecule has 0 amide bonds. The molecule has 0 aliphatic carbocycles. The van der Waals surface area contributed by atoms with Crippen molar-refractivity contribution in [3.8, 4) is 0 Å². The van der Waals surface area contributed by atoms with Gasteiger partial charge in [-0.05, 0) is 35.7 Å². The van der Waals surface area contributed by atoms with E-state index in [1.807, 2.05) is 24.3 Å². The minimum absolute atomic E-state index is 0.268. The predicted molar refractivity (Wildman–Crippen MR) is 90.0 cm³/mol. The Bertz CT molecular complexity index is 632. The highest BCUT2D eigenvalue weighted by Gasteiger charge is 2.30. The van der Waals surface area contributed by atoms with E-state index in [1.165, 1.54) is 11.3 Å². The molecule has 21 heavy (non-hydrogen) atoms. The molecule has 1 aliphatic rings. The Morgan fingerprint density at radius 1 is 1.05 bits per heavy atom. The molecule has 108 valence electrons. The quantitative estimate of drug-likeness (QED) is 0.750. The predicted octanol–water partition coefficient (Wildman–Crippen LogP) is 5.30. The lowest BCUT2D eigenvalue weighted by molar-refractivity contribution is 0.705. The highest BCUT2D eigenvalue weighted by Crippen LogP contribution is 2.36. The smallest absolute Gasteiger partial charge is 0.0828 e. The van der Waals surface area contributed by atoms with Crippen LogP contribution in [0.3, 0.4) is 0 Å². The van der Waals surface area contributed by atoms with Gasteiger partial charge < -0.3 is 0 Å². The molecule has 1 atom stereocenters. The summed E-state index contributed by atoms with van der Waals surface area (Å²) in [5.74, 6) is 0.466. The SMILES string of the molecule is CC(C)C1=NN(c2ccc(Cl)cc2)C(c2ccccc2)C1. The third-order valence-electron chi connectivity index (χ3n) is 3.88. The molecule has 3 rings (SSSR count). The Morgan fingerprint density at radius 3 is 2.33 bits per heavy atom. The maximum atomic E-state index is 6.00. The maximum absolute atomic E-state index is 6.00. The van der Waals surface area contributed by atoms with Crippen molar-refractivity contribution >= 4 is 23.0 Å². The second-order valence-corrected chi connectivity index (χ2v) is 6.13. The Kier molecular flexibility index (Phi) is 3.98. The van der Waals surface area contributed by atoms with Crippen molar-refractivity contribution in [1.82, 2.24) is 0 Å². The van der Waals surface area contributed by atoms with Crippen LogP contribution >= 0.6 is 11.6 Å². The molecule has 0 saturated heterocycles. The minimum Gasteiger partial charge on any atom is -0.258 e. The second-order valence-electron chi connectivity index (χ2n) is 5.70. The van der Waals surface area contributed by atoms with Crippen LogP contribution in [0.2, 0.25) is 5.02 Å². The number of hydrogen-bond donors (Lipinski definition) is 0. The van der Waals surface area contributed by atoms with Crippen LogP contribution in [0.5, 0.6) is 0 Å². The first-order valence-electron chi connectivity index (χ1n) is 7.32. The van der Waals surface area contributed by atoms with Crippen LogP contribution in [0, 0.1) is 5.92 Å². The number of benzene rings is 2. The number of nitrogens with zero attached hydrogens (tertiary/aromatic N) is 2. The normalized spacial score (nSPS) is 18.2. The van der Waals surface area contributed by atoms with Gasteiger partial charge in [-0.3, -0.25) is 5.01 Å². The van der Waals surface area contributed by atoms with E-state index < -0.39 is 0 Å². The van der Waals surface area contributed by atoms with Gasteiger partial charge in [-0.25, -0.2) is 0 Å². The first-order chi connectivity index (χ1) is 10.1. The van der Waals surface area contributed by atoms with Crippen molar-refractivity contribution in [2.45, 2.75) is 26.3 Å². The summed E-state index contributed by atoms with van der Waals surface area (Å²) in [4.78, 5) is 0. The lowest BCUT2D eigenvalue weighted by Gasteiger charge is -2.24. The zero-order chi connectivity index (χ0) is 14.8. The number of hydrogen-bond acceptors (Lipinski definition) is 2. The zero-order valence-corrected chi connectivity index (χ0v) is 13.1.